The Hall–Kier alpha value is -4.14. The summed E-state index contributed by atoms with van der Waals surface area (Å²) < 4.78 is 98.1. The number of hydrogen-bond acceptors (Lipinski definition) is 10. The topological polar surface area (TPSA) is 321 Å². The number of rotatable bonds is 15. The largest absolute Gasteiger partial charge is 0.777 e. The van der Waals surface area contributed by atoms with E-state index >= 15 is 0 Å². The molecule has 0 fully saturated rings. The molecule has 0 radical (unpaired) electrons. The molecule has 0 aliphatic heterocycles. The molecule has 0 saturated carbocycles. The number of alkyl halides is 3. The van der Waals surface area contributed by atoms with Crippen LogP contribution in [0.4, 0.5) is 17.6 Å². The van der Waals surface area contributed by atoms with E-state index in [1.165, 1.54) is 0 Å². The predicted molar refractivity (Wildman–Crippen MR) is 176 cm³/mol. The minimum absolute atomic E-state index is 0.0109. The fourth-order valence-electron chi connectivity index (χ4n) is 3.79. The number of carbonyl (C=O) groups is 1. The van der Waals surface area contributed by atoms with E-state index in [2.05, 4.69) is 9.98 Å². The van der Waals surface area contributed by atoms with Crippen LogP contribution >= 0.6 is 42.1 Å². The van der Waals surface area contributed by atoms with Gasteiger partial charge in [0.15, 0.2) is 19.1 Å². The van der Waals surface area contributed by atoms with Crippen LogP contribution in [-0.2, 0) is 19.4 Å². The number of carboxylic acid groups (broad SMARTS) is 1. The SMILES string of the molecule is N#Cc1ccc(C(NS(=O)(=O)c2cc3c(Cl)c(OCCC[NH+]=C(N)N)c(OCCC[NH+]=C(N)N)c(Cl)c3s2)P(=O)([O-])O)cc1F.O=C([O-])C(F)(F)F. The number of thiophene rings is 1. The molecule has 1 aromatic heterocycles. The lowest BCUT2D eigenvalue weighted by molar-refractivity contribution is -0.460. The fourth-order valence-corrected chi connectivity index (χ4v) is 8.46. The summed E-state index contributed by atoms with van der Waals surface area (Å²) in [6.45, 7) is 0.905. The molecule has 0 spiro atoms. The number of nitrogens with two attached hydrogens (primary N) is 4. The van der Waals surface area contributed by atoms with Gasteiger partial charge in [0.2, 0.25) is 0 Å². The van der Waals surface area contributed by atoms with Crippen molar-refractivity contribution in [3.8, 4) is 17.6 Å². The standard InChI is InChI=1S/C24H28Cl2FN8O7PS2.C2HF3O2/c25-17-14-10-16(45(39,40)35-22(43(36,37)38)12-3-4-13(11-28)15(27)9-12)44-21(14)18(26)20(42-8-2-6-34-24(31)32)19(17)41-7-1-5-33-23(29)30;3-2(4,5)1(6)7/h3-4,9-10,22,35H,1-2,5-8H2,(H4,29,30,33)(H4,31,32,34)(H2,36,37,38);(H,6,7). The van der Waals surface area contributed by atoms with Crippen molar-refractivity contribution in [1.29, 1.82) is 5.26 Å². The number of nitrogens with zero attached hydrogens (tertiary/aromatic N) is 1. The molecule has 1 heterocycles. The maximum absolute atomic E-state index is 14.2. The van der Waals surface area contributed by atoms with E-state index in [9.17, 15) is 40.3 Å². The normalized spacial score (nSPS) is 13.1. The summed E-state index contributed by atoms with van der Waals surface area (Å²) in [5.74, 6) is -6.35. The van der Waals surface area contributed by atoms with E-state index in [-0.39, 0.29) is 56.8 Å². The van der Waals surface area contributed by atoms with Crippen molar-refractivity contribution in [1.82, 2.24) is 4.72 Å². The summed E-state index contributed by atoms with van der Waals surface area (Å²) in [5, 5.41) is 17.8. The molecule has 286 valence electrons. The first-order chi connectivity index (χ1) is 24.0. The van der Waals surface area contributed by atoms with Crippen molar-refractivity contribution in [3.63, 3.8) is 0 Å². The molecule has 0 saturated heterocycles. The number of ether oxygens (including phenoxy) is 2. The summed E-state index contributed by atoms with van der Waals surface area (Å²) in [6.07, 6.45) is -4.36. The van der Waals surface area contributed by atoms with Gasteiger partial charge in [0.05, 0.1) is 41.6 Å². The van der Waals surface area contributed by atoms with Crippen molar-refractivity contribution in [2.75, 3.05) is 26.3 Å². The first kappa shape index (κ1) is 44.0. The summed E-state index contributed by atoms with van der Waals surface area (Å²) in [4.78, 5) is 36.3. The van der Waals surface area contributed by atoms with Gasteiger partial charge in [0.25, 0.3) is 10.0 Å². The van der Waals surface area contributed by atoms with Crippen molar-refractivity contribution in [2.24, 2.45) is 22.9 Å². The Bertz CT molecular complexity index is 1960. The molecular formula is C26H29Cl2F4N8O9PS2. The van der Waals surface area contributed by atoms with Gasteiger partial charge in [-0.1, -0.05) is 29.3 Å². The summed E-state index contributed by atoms with van der Waals surface area (Å²) >= 11 is 14.0. The quantitative estimate of drug-likeness (QED) is 0.0254. The number of nitriles is 1. The van der Waals surface area contributed by atoms with Gasteiger partial charge >= 0.3 is 18.1 Å². The predicted octanol–water partition coefficient (Wildman–Crippen LogP) is -2.71. The van der Waals surface area contributed by atoms with Gasteiger partial charge in [-0.25, -0.2) is 12.8 Å². The first-order valence-corrected chi connectivity index (χ1v) is 18.7. The van der Waals surface area contributed by atoms with Crippen LogP contribution in [-0.4, -0.2) is 63.7 Å². The van der Waals surface area contributed by atoms with Crippen LogP contribution < -0.4 is 57.1 Å². The van der Waals surface area contributed by atoms with Crippen LogP contribution in [0.3, 0.4) is 0 Å². The van der Waals surface area contributed by atoms with E-state index in [4.69, 9.17) is 70.8 Å². The number of aliphatic carboxylic acids is 1. The van der Waals surface area contributed by atoms with E-state index in [1.807, 2.05) is 4.72 Å². The average Bonchev–Trinajstić information content (AvgIpc) is 3.49. The third kappa shape index (κ3) is 12.5. The van der Waals surface area contributed by atoms with Crippen LogP contribution in [0.5, 0.6) is 11.5 Å². The number of carboxylic acids is 1. The number of sulfonamides is 1. The van der Waals surface area contributed by atoms with Crippen molar-refractivity contribution in [2.45, 2.75) is 29.0 Å². The van der Waals surface area contributed by atoms with E-state index < -0.39 is 56.7 Å². The Balaban J connectivity index is 0.00000121. The summed E-state index contributed by atoms with van der Waals surface area (Å²) in [5.41, 5.74) is 20.7. The molecule has 12 N–H and O–H groups in total. The number of carbonyl (C=O) groups excluding carboxylic acids is 1. The van der Waals surface area contributed by atoms with Crippen LogP contribution in [0.15, 0.2) is 28.5 Å². The van der Waals surface area contributed by atoms with E-state index in [1.54, 1.807) is 6.07 Å². The highest BCUT2D eigenvalue weighted by Gasteiger charge is 2.32. The van der Waals surface area contributed by atoms with Gasteiger partial charge in [-0.15, -0.1) is 11.3 Å². The number of benzene rings is 2. The molecule has 0 amide bonds. The smallest absolute Gasteiger partial charge is 0.430 e. The Morgan fingerprint density at radius 3 is 1.98 bits per heavy atom. The van der Waals surface area contributed by atoms with Crippen molar-refractivity contribution >= 4 is 80.1 Å². The average molecular weight is 840 g/mol. The molecule has 17 nitrogen and oxygen atoms in total. The number of nitrogens with one attached hydrogen (secondary N) is 3. The second kappa shape index (κ2) is 18.6. The second-order valence-electron chi connectivity index (χ2n) is 9.99. The molecular weight excluding hydrogens is 810 g/mol. The molecule has 2 atom stereocenters. The van der Waals surface area contributed by atoms with Crippen LogP contribution in [0.25, 0.3) is 10.1 Å². The molecule has 0 aliphatic carbocycles. The Labute approximate surface area is 306 Å². The van der Waals surface area contributed by atoms with E-state index in [0.29, 0.717) is 43.3 Å². The van der Waals surface area contributed by atoms with Gasteiger partial charge in [-0.3, -0.25) is 32.9 Å². The fraction of sp³-hybridized carbons (Fsp3) is 0.308. The second-order valence-corrected chi connectivity index (χ2v) is 15.4. The summed E-state index contributed by atoms with van der Waals surface area (Å²) in [6, 6.07) is 5.26. The van der Waals surface area contributed by atoms with Crippen LogP contribution in [0, 0.1) is 17.1 Å². The van der Waals surface area contributed by atoms with E-state index in [0.717, 1.165) is 18.2 Å². The maximum atomic E-state index is 14.2. The minimum Gasteiger partial charge on any atom is -0.777 e. The summed E-state index contributed by atoms with van der Waals surface area (Å²) in [7, 11) is -10.2. The zero-order valence-electron chi connectivity index (χ0n) is 26.1. The zero-order valence-corrected chi connectivity index (χ0v) is 30.2. The number of guanidine groups is 2. The lowest BCUT2D eigenvalue weighted by Crippen LogP contribution is -2.78. The Morgan fingerprint density at radius 2 is 1.56 bits per heavy atom. The molecule has 0 bridgehead atoms. The first-order valence-electron chi connectivity index (χ1n) is 14.0. The lowest BCUT2D eigenvalue weighted by Gasteiger charge is -2.28. The number of fused-ring (bicyclic) bond motifs is 1. The van der Waals surface area contributed by atoms with Gasteiger partial charge in [0.1, 0.15) is 32.9 Å². The van der Waals surface area contributed by atoms with Gasteiger partial charge in [-0.2, -0.15) is 23.2 Å². The van der Waals surface area contributed by atoms with Gasteiger partial charge < -0.3 is 33.7 Å². The number of halogens is 6. The van der Waals surface area contributed by atoms with Crippen LogP contribution in [0.2, 0.25) is 10.0 Å². The minimum atomic E-state index is -5.50. The Morgan fingerprint density at radius 1 is 1.06 bits per heavy atom. The molecule has 26 heteroatoms. The maximum Gasteiger partial charge on any atom is 0.430 e. The lowest BCUT2D eigenvalue weighted by atomic mass is 10.1. The third-order valence-electron chi connectivity index (χ3n) is 6.06. The Kier molecular flexibility index (Phi) is 15.7. The highest BCUT2D eigenvalue weighted by Crippen LogP contribution is 2.52. The van der Waals surface area contributed by atoms with Gasteiger partial charge in [-0.05, 0) is 23.8 Å². The molecule has 0 aliphatic rings. The monoisotopic (exact) mass is 838 g/mol. The van der Waals surface area contributed by atoms with Crippen LogP contribution in [0.1, 0.15) is 29.8 Å². The zero-order chi connectivity index (χ0) is 39.6. The van der Waals surface area contributed by atoms with Crippen molar-refractivity contribution in [3.05, 3.63) is 51.3 Å². The molecule has 52 heavy (non-hydrogen) atoms. The highest BCUT2D eigenvalue weighted by molar-refractivity contribution is 7.92. The van der Waals surface area contributed by atoms with Gasteiger partial charge in [0, 0.05) is 18.2 Å². The molecule has 2 aromatic carbocycles. The third-order valence-corrected chi connectivity index (χ3v) is 11.2. The molecule has 3 aromatic rings. The molecule has 3 rings (SSSR count). The van der Waals surface area contributed by atoms with Crippen molar-refractivity contribution < 1.29 is 69.7 Å². The highest BCUT2D eigenvalue weighted by atomic mass is 35.5. The number of hydrogen-bond donors (Lipinski definition) is 8. The molecule has 2 unspecified atom stereocenters.